The van der Waals surface area contributed by atoms with Crippen molar-refractivity contribution in [2.75, 3.05) is 0 Å². The molecule has 80 valence electrons. The zero-order chi connectivity index (χ0) is 10.7. The van der Waals surface area contributed by atoms with Gasteiger partial charge in [0, 0.05) is 0 Å². The first-order valence-corrected chi connectivity index (χ1v) is 6.10. The number of hydrogen-bond acceptors (Lipinski definition) is 0. The highest BCUT2D eigenvalue weighted by Crippen LogP contribution is 2.38. The summed E-state index contributed by atoms with van der Waals surface area (Å²) in [6.45, 7) is 6.22. The normalized spacial score (nSPS) is 20.6. The lowest BCUT2D eigenvalue weighted by Crippen LogP contribution is -2.07. The third-order valence-electron chi connectivity index (χ3n) is 3.43. The van der Waals surface area contributed by atoms with Crippen LogP contribution in [-0.2, 0) is 0 Å². The van der Waals surface area contributed by atoms with E-state index in [4.69, 9.17) is 0 Å². The molecule has 0 nitrogen and oxygen atoms in total. The molecule has 0 heteroatoms. The number of allylic oxidation sites excluding steroid dienone is 7. The molecule has 0 heterocycles. The minimum atomic E-state index is 1.20. The van der Waals surface area contributed by atoms with Crippen LogP contribution in [0, 0.1) is 0 Å². The summed E-state index contributed by atoms with van der Waals surface area (Å²) in [7, 11) is 0. The van der Waals surface area contributed by atoms with E-state index in [-0.39, 0.29) is 0 Å². The van der Waals surface area contributed by atoms with Crippen LogP contribution in [-0.4, -0.2) is 0 Å². The summed E-state index contributed by atoms with van der Waals surface area (Å²) in [5.41, 5.74) is 6.35. The maximum atomic E-state index is 3.96. The maximum absolute atomic E-state index is 3.96. The predicted molar refractivity (Wildman–Crippen MR) is 66.8 cm³/mol. The molecule has 0 fully saturated rings. The Bertz CT molecular complexity index is 350. The molecule has 0 aromatic heterocycles. The molecule has 0 N–H and O–H groups in total. The zero-order valence-electron chi connectivity index (χ0n) is 9.68. The molecule has 0 aromatic rings. The molecule has 0 radical (unpaired) electrons. The van der Waals surface area contributed by atoms with Crippen LogP contribution < -0.4 is 0 Å². The molecule has 0 aromatic carbocycles. The quantitative estimate of drug-likeness (QED) is 0.619. The summed E-state index contributed by atoms with van der Waals surface area (Å²) < 4.78 is 0. The first-order valence-electron chi connectivity index (χ1n) is 6.10. The van der Waals surface area contributed by atoms with Crippen LogP contribution in [0.25, 0.3) is 0 Å². The van der Waals surface area contributed by atoms with Crippen LogP contribution in [0.1, 0.15) is 45.4 Å². The molecule has 0 spiro atoms. The van der Waals surface area contributed by atoms with Gasteiger partial charge in [-0.3, -0.25) is 0 Å². The van der Waals surface area contributed by atoms with Crippen molar-refractivity contribution in [1.29, 1.82) is 0 Å². The number of rotatable bonds is 3. The van der Waals surface area contributed by atoms with E-state index in [0.717, 1.165) is 0 Å². The Hall–Kier alpha value is -1.04. The van der Waals surface area contributed by atoms with Gasteiger partial charge in [0.25, 0.3) is 0 Å². The Morgan fingerprint density at radius 3 is 2.93 bits per heavy atom. The molecule has 0 unspecified atom stereocenters. The fourth-order valence-corrected chi connectivity index (χ4v) is 2.69. The van der Waals surface area contributed by atoms with E-state index < -0.39 is 0 Å². The third kappa shape index (κ3) is 1.99. The molecule has 0 atom stereocenters. The van der Waals surface area contributed by atoms with Crippen LogP contribution in [0.4, 0.5) is 0 Å². The van der Waals surface area contributed by atoms with Crippen LogP contribution in [0.15, 0.2) is 47.1 Å². The monoisotopic (exact) mass is 200 g/mol. The molecule has 2 aliphatic carbocycles. The highest BCUT2D eigenvalue weighted by molar-refractivity contribution is 5.50. The average Bonchev–Trinajstić information content (AvgIpc) is 2.30. The lowest BCUT2D eigenvalue weighted by Gasteiger charge is -2.26. The van der Waals surface area contributed by atoms with Crippen molar-refractivity contribution in [1.82, 2.24) is 0 Å². The smallest absolute Gasteiger partial charge is 0.0235 e. The Kier molecular flexibility index (Phi) is 3.25. The molecular formula is C15H20. The summed E-state index contributed by atoms with van der Waals surface area (Å²) in [6, 6.07) is 0. The van der Waals surface area contributed by atoms with Crippen molar-refractivity contribution >= 4 is 0 Å². The summed E-state index contributed by atoms with van der Waals surface area (Å²) >= 11 is 0. The molecule has 0 amide bonds. The van der Waals surface area contributed by atoms with E-state index in [1.807, 2.05) is 0 Å². The summed E-state index contributed by atoms with van der Waals surface area (Å²) in [4.78, 5) is 0. The Labute approximate surface area is 93.1 Å². The van der Waals surface area contributed by atoms with E-state index in [1.165, 1.54) is 44.1 Å². The summed E-state index contributed by atoms with van der Waals surface area (Å²) in [6.07, 6.45) is 14.1. The fourth-order valence-electron chi connectivity index (χ4n) is 2.69. The zero-order valence-corrected chi connectivity index (χ0v) is 9.68. The van der Waals surface area contributed by atoms with E-state index in [2.05, 4.69) is 31.7 Å². The predicted octanol–water partition coefficient (Wildman–Crippen LogP) is 4.71. The van der Waals surface area contributed by atoms with Gasteiger partial charge in [0.05, 0.1) is 0 Å². The van der Waals surface area contributed by atoms with Crippen LogP contribution in [0.5, 0.6) is 0 Å². The highest BCUT2D eigenvalue weighted by Gasteiger charge is 2.19. The van der Waals surface area contributed by atoms with Gasteiger partial charge in [-0.2, -0.15) is 0 Å². The molecule has 2 aliphatic rings. The van der Waals surface area contributed by atoms with Gasteiger partial charge in [-0.05, 0) is 54.4 Å². The number of hydrogen-bond donors (Lipinski definition) is 0. The fraction of sp³-hybridized carbons (Fsp3) is 0.467. The summed E-state index contributed by atoms with van der Waals surface area (Å²) in [5.74, 6) is 0. The minimum Gasteiger partial charge on any atom is -0.0988 e. The van der Waals surface area contributed by atoms with Gasteiger partial charge >= 0.3 is 0 Å². The van der Waals surface area contributed by atoms with E-state index in [9.17, 15) is 0 Å². The van der Waals surface area contributed by atoms with Gasteiger partial charge in [-0.25, -0.2) is 0 Å². The second-order valence-corrected chi connectivity index (χ2v) is 4.40. The molecule has 15 heavy (non-hydrogen) atoms. The van der Waals surface area contributed by atoms with Gasteiger partial charge in [-0.1, -0.05) is 38.2 Å². The largest absolute Gasteiger partial charge is 0.0988 e. The summed E-state index contributed by atoms with van der Waals surface area (Å²) in [5, 5.41) is 0. The van der Waals surface area contributed by atoms with Crippen molar-refractivity contribution in [3.05, 3.63) is 47.1 Å². The van der Waals surface area contributed by atoms with Crippen LogP contribution in [0.3, 0.4) is 0 Å². The molecular weight excluding hydrogens is 180 g/mol. The lowest BCUT2D eigenvalue weighted by atomic mass is 9.79. The van der Waals surface area contributed by atoms with Crippen molar-refractivity contribution < 1.29 is 0 Å². The van der Waals surface area contributed by atoms with Gasteiger partial charge in [0.2, 0.25) is 0 Å². The second kappa shape index (κ2) is 4.65. The Morgan fingerprint density at radius 2 is 2.20 bits per heavy atom. The molecule has 0 saturated heterocycles. The Balaban J connectivity index is 2.39. The van der Waals surface area contributed by atoms with Gasteiger partial charge < -0.3 is 0 Å². The maximum Gasteiger partial charge on any atom is -0.0235 e. The SMILES string of the molecule is C=CC1=C(CCC)C2=C(C=CCC2)CC1. The van der Waals surface area contributed by atoms with Gasteiger partial charge in [0.1, 0.15) is 0 Å². The van der Waals surface area contributed by atoms with Gasteiger partial charge in [-0.15, -0.1) is 0 Å². The highest BCUT2D eigenvalue weighted by atomic mass is 14.2. The Morgan fingerprint density at radius 1 is 1.33 bits per heavy atom. The first kappa shape index (κ1) is 10.5. The van der Waals surface area contributed by atoms with E-state index in [0.29, 0.717) is 0 Å². The van der Waals surface area contributed by atoms with Crippen LogP contribution >= 0.6 is 0 Å². The molecule has 0 aliphatic heterocycles. The molecule has 2 rings (SSSR count). The third-order valence-corrected chi connectivity index (χ3v) is 3.43. The van der Waals surface area contributed by atoms with E-state index in [1.54, 1.807) is 16.7 Å². The topological polar surface area (TPSA) is 0 Å². The van der Waals surface area contributed by atoms with Crippen molar-refractivity contribution in [2.45, 2.75) is 45.4 Å². The lowest BCUT2D eigenvalue weighted by molar-refractivity contribution is 0.789. The van der Waals surface area contributed by atoms with Crippen molar-refractivity contribution in [3.63, 3.8) is 0 Å². The first-order chi connectivity index (χ1) is 7.36. The van der Waals surface area contributed by atoms with Gasteiger partial charge in [0.15, 0.2) is 0 Å². The average molecular weight is 200 g/mol. The van der Waals surface area contributed by atoms with E-state index >= 15 is 0 Å². The van der Waals surface area contributed by atoms with Crippen molar-refractivity contribution in [2.24, 2.45) is 0 Å². The molecule has 0 saturated carbocycles. The van der Waals surface area contributed by atoms with Crippen molar-refractivity contribution in [3.8, 4) is 0 Å². The van der Waals surface area contributed by atoms with Crippen LogP contribution in [0.2, 0.25) is 0 Å². The second-order valence-electron chi connectivity index (χ2n) is 4.40. The molecule has 0 bridgehead atoms. The standard InChI is InChI=1S/C15H20/c1-3-7-14-12(4-2)10-11-13-8-5-6-9-15(13)14/h4-5,8H,2-3,6-7,9-11H2,1H3. The minimum absolute atomic E-state index is 1.20.